The van der Waals surface area contributed by atoms with Gasteiger partial charge in [0, 0.05) is 31.9 Å². The van der Waals surface area contributed by atoms with Gasteiger partial charge in [-0.05, 0) is 18.8 Å². The van der Waals surface area contributed by atoms with Gasteiger partial charge in [-0.3, -0.25) is 0 Å². The molecule has 1 aromatic heterocycles. The molecule has 0 radical (unpaired) electrons. The lowest BCUT2D eigenvalue weighted by molar-refractivity contribution is -0.143. The highest BCUT2D eigenvalue weighted by atomic mass is 16.4. The van der Waals surface area contributed by atoms with Crippen molar-refractivity contribution in [1.29, 1.82) is 0 Å². The molecule has 110 valence electrons. The summed E-state index contributed by atoms with van der Waals surface area (Å²) in [5.74, 6) is 0.202. The average molecular weight is 280 g/mol. The molecule has 1 aromatic rings. The third-order valence-corrected chi connectivity index (χ3v) is 3.60. The number of urea groups is 1. The van der Waals surface area contributed by atoms with Crippen LogP contribution in [0.2, 0.25) is 0 Å². The Labute approximate surface area is 117 Å². The molecule has 1 saturated heterocycles. The number of imidazole rings is 1. The van der Waals surface area contributed by atoms with E-state index in [0.717, 1.165) is 12.2 Å². The number of carboxylic acid groups (broad SMARTS) is 1. The Bertz CT molecular complexity index is 460. The van der Waals surface area contributed by atoms with E-state index in [4.69, 9.17) is 0 Å². The molecule has 2 amide bonds. The molecule has 1 aliphatic rings. The van der Waals surface area contributed by atoms with E-state index in [-0.39, 0.29) is 6.03 Å². The van der Waals surface area contributed by atoms with Crippen LogP contribution in [0.5, 0.6) is 0 Å². The van der Waals surface area contributed by atoms with Gasteiger partial charge < -0.3 is 20.3 Å². The summed E-state index contributed by atoms with van der Waals surface area (Å²) in [7, 11) is 0. The van der Waals surface area contributed by atoms with Gasteiger partial charge in [0.15, 0.2) is 0 Å². The fraction of sp³-hybridized carbons (Fsp3) is 0.615. The van der Waals surface area contributed by atoms with Crippen LogP contribution < -0.4 is 5.32 Å². The Hall–Kier alpha value is -2.05. The number of nitrogens with zero attached hydrogens (tertiary/aromatic N) is 2. The summed E-state index contributed by atoms with van der Waals surface area (Å²) < 4.78 is 0. The van der Waals surface area contributed by atoms with Crippen molar-refractivity contribution in [1.82, 2.24) is 20.2 Å². The van der Waals surface area contributed by atoms with E-state index in [0.29, 0.717) is 31.8 Å². The second kappa shape index (κ2) is 6.40. The van der Waals surface area contributed by atoms with Gasteiger partial charge in [0.05, 0.1) is 0 Å². The Morgan fingerprint density at radius 1 is 1.60 bits per heavy atom. The number of aromatic amines is 1. The number of hydrogen-bond donors (Lipinski definition) is 3. The number of H-pyrrole nitrogens is 1. The molecule has 0 saturated carbocycles. The van der Waals surface area contributed by atoms with E-state index in [1.165, 1.54) is 4.90 Å². The number of aliphatic carboxylic acids is 1. The van der Waals surface area contributed by atoms with Gasteiger partial charge in [-0.25, -0.2) is 14.6 Å². The standard InChI is InChI=1S/C13H20N4O3/c1-9-3-7-17(10(8-9)12(18)19)13(20)16-4-2-11-14-5-6-15-11/h5-6,9-10H,2-4,7-8H2,1H3,(H,14,15)(H,16,20)(H,18,19). The van der Waals surface area contributed by atoms with Crippen LogP contribution >= 0.6 is 0 Å². The number of rotatable bonds is 4. The summed E-state index contributed by atoms with van der Waals surface area (Å²) in [6, 6.07) is -1.03. The third kappa shape index (κ3) is 3.49. The van der Waals surface area contributed by atoms with Crippen LogP contribution in [-0.4, -0.2) is 51.1 Å². The monoisotopic (exact) mass is 280 g/mol. The van der Waals surface area contributed by atoms with E-state index >= 15 is 0 Å². The first-order chi connectivity index (χ1) is 9.58. The van der Waals surface area contributed by atoms with Crippen molar-refractivity contribution in [2.75, 3.05) is 13.1 Å². The maximum Gasteiger partial charge on any atom is 0.326 e. The zero-order chi connectivity index (χ0) is 14.5. The van der Waals surface area contributed by atoms with Crippen molar-refractivity contribution in [3.63, 3.8) is 0 Å². The molecule has 0 aliphatic carbocycles. The number of nitrogens with one attached hydrogen (secondary N) is 2. The zero-order valence-corrected chi connectivity index (χ0v) is 11.5. The lowest BCUT2D eigenvalue weighted by atomic mass is 9.93. The minimum absolute atomic E-state index is 0.309. The normalized spacial score (nSPS) is 22.6. The molecule has 2 unspecified atom stereocenters. The molecule has 3 N–H and O–H groups in total. The molecule has 0 spiro atoms. The number of carbonyl (C=O) groups excluding carboxylic acids is 1. The number of amides is 2. The molecule has 20 heavy (non-hydrogen) atoms. The first-order valence-electron chi connectivity index (χ1n) is 6.83. The quantitative estimate of drug-likeness (QED) is 0.761. The summed E-state index contributed by atoms with van der Waals surface area (Å²) >= 11 is 0. The topological polar surface area (TPSA) is 98.3 Å². The molecular formula is C13H20N4O3. The van der Waals surface area contributed by atoms with Gasteiger partial charge in [-0.15, -0.1) is 0 Å². The summed E-state index contributed by atoms with van der Waals surface area (Å²) in [5, 5.41) is 12.0. The minimum atomic E-state index is -0.933. The lowest BCUT2D eigenvalue weighted by Crippen LogP contribution is -2.53. The van der Waals surface area contributed by atoms with Crippen LogP contribution in [0.1, 0.15) is 25.6 Å². The molecule has 1 aliphatic heterocycles. The number of piperidine rings is 1. The van der Waals surface area contributed by atoms with E-state index in [2.05, 4.69) is 15.3 Å². The molecule has 2 atom stereocenters. The van der Waals surface area contributed by atoms with E-state index in [9.17, 15) is 14.7 Å². The summed E-state index contributed by atoms with van der Waals surface area (Å²) in [6.07, 6.45) is 5.34. The zero-order valence-electron chi connectivity index (χ0n) is 11.5. The van der Waals surface area contributed by atoms with Gasteiger partial charge in [-0.2, -0.15) is 0 Å². The first kappa shape index (κ1) is 14.4. The van der Waals surface area contributed by atoms with Gasteiger partial charge in [0.25, 0.3) is 0 Å². The van der Waals surface area contributed by atoms with Crippen LogP contribution in [0, 0.1) is 5.92 Å². The maximum atomic E-state index is 12.1. The van der Waals surface area contributed by atoms with Crippen LogP contribution in [0.3, 0.4) is 0 Å². The molecule has 2 heterocycles. The van der Waals surface area contributed by atoms with Crippen molar-refractivity contribution in [3.05, 3.63) is 18.2 Å². The van der Waals surface area contributed by atoms with Crippen molar-refractivity contribution in [2.24, 2.45) is 5.92 Å². The van der Waals surface area contributed by atoms with Crippen LogP contribution in [0.15, 0.2) is 12.4 Å². The third-order valence-electron chi connectivity index (χ3n) is 3.60. The molecule has 7 heteroatoms. The molecule has 2 rings (SSSR count). The first-order valence-corrected chi connectivity index (χ1v) is 6.83. The summed E-state index contributed by atoms with van der Waals surface area (Å²) in [5.41, 5.74) is 0. The molecule has 0 bridgehead atoms. The average Bonchev–Trinajstić information content (AvgIpc) is 2.91. The van der Waals surface area contributed by atoms with Crippen LogP contribution in [0.4, 0.5) is 4.79 Å². The number of hydrogen-bond acceptors (Lipinski definition) is 3. The summed E-state index contributed by atoms with van der Waals surface area (Å²) in [4.78, 5) is 31.7. The van der Waals surface area contributed by atoms with Crippen LogP contribution in [-0.2, 0) is 11.2 Å². The highest BCUT2D eigenvalue weighted by Gasteiger charge is 2.34. The fourth-order valence-electron chi connectivity index (χ4n) is 2.44. The molecular weight excluding hydrogens is 260 g/mol. The Kier molecular flexibility index (Phi) is 4.60. The van der Waals surface area contributed by atoms with Crippen molar-refractivity contribution in [3.8, 4) is 0 Å². The highest BCUT2D eigenvalue weighted by Crippen LogP contribution is 2.22. The number of aromatic nitrogens is 2. The molecule has 7 nitrogen and oxygen atoms in total. The van der Waals surface area contributed by atoms with Crippen molar-refractivity contribution < 1.29 is 14.7 Å². The Morgan fingerprint density at radius 3 is 3.05 bits per heavy atom. The highest BCUT2D eigenvalue weighted by molar-refractivity contribution is 5.82. The van der Waals surface area contributed by atoms with Crippen molar-refractivity contribution in [2.45, 2.75) is 32.2 Å². The largest absolute Gasteiger partial charge is 0.480 e. The van der Waals surface area contributed by atoms with Gasteiger partial charge in [-0.1, -0.05) is 6.92 Å². The van der Waals surface area contributed by atoms with E-state index in [1.807, 2.05) is 6.92 Å². The predicted molar refractivity (Wildman–Crippen MR) is 72.2 cm³/mol. The van der Waals surface area contributed by atoms with Crippen LogP contribution in [0.25, 0.3) is 0 Å². The predicted octanol–water partition coefficient (Wildman–Crippen LogP) is 0.847. The fourth-order valence-corrected chi connectivity index (χ4v) is 2.44. The van der Waals surface area contributed by atoms with Crippen molar-refractivity contribution >= 4 is 12.0 Å². The Balaban J connectivity index is 1.85. The minimum Gasteiger partial charge on any atom is -0.480 e. The Morgan fingerprint density at radius 2 is 2.40 bits per heavy atom. The lowest BCUT2D eigenvalue weighted by Gasteiger charge is -2.35. The maximum absolute atomic E-state index is 12.1. The smallest absolute Gasteiger partial charge is 0.326 e. The molecule has 1 fully saturated rings. The molecule has 0 aromatic carbocycles. The second-order valence-electron chi connectivity index (χ2n) is 5.19. The summed E-state index contributed by atoms with van der Waals surface area (Å²) in [6.45, 7) is 2.94. The SMILES string of the molecule is CC1CCN(C(=O)NCCc2ncc[nH]2)C(C(=O)O)C1. The van der Waals surface area contributed by atoms with E-state index in [1.54, 1.807) is 12.4 Å². The number of likely N-dealkylation sites (tertiary alicyclic amines) is 1. The second-order valence-corrected chi connectivity index (χ2v) is 5.19. The van der Waals surface area contributed by atoms with E-state index < -0.39 is 12.0 Å². The van der Waals surface area contributed by atoms with Gasteiger partial charge in [0.2, 0.25) is 0 Å². The van der Waals surface area contributed by atoms with Gasteiger partial charge in [0.1, 0.15) is 11.9 Å². The number of carboxylic acids is 1. The number of carbonyl (C=O) groups is 2. The van der Waals surface area contributed by atoms with Gasteiger partial charge >= 0.3 is 12.0 Å².